The van der Waals surface area contributed by atoms with Crippen molar-refractivity contribution in [3.05, 3.63) is 0 Å². The van der Waals surface area contributed by atoms with Gasteiger partial charge in [0.05, 0.1) is 11.3 Å². The molecule has 7 nitrogen and oxygen atoms in total. The lowest BCUT2D eigenvalue weighted by Gasteiger charge is -2.48. The minimum Gasteiger partial charge on any atom is -0.378 e. The largest absolute Gasteiger partial charge is 0.378 e. The van der Waals surface area contributed by atoms with Gasteiger partial charge in [-0.1, -0.05) is 41.5 Å². The number of hydrogen-bond donors (Lipinski definition) is 4. The Bertz CT molecular complexity index is 493. The van der Waals surface area contributed by atoms with E-state index in [1.807, 2.05) is 41.5 Å². The average molecular weight is 357 g/mol. The fourth-order valence-corrected chi connectivity index (χ4v) is 3.88. The fourth-order valence-electron chi connectivity index (χ4n) is 3.88. The third-order valence-electron chi connectivity index (χ3n) is 4.65. The molecule has 0 aliphatic carbocycles. The summed E-state index contributed by atoms with van der Waals surface area (Å²) in [5, 5.41) is 11.5. The maximum atomic E-state index is 12.6. The van der Waals surface area contributed by atoms with Crippen LogP contribution in [0.3, 0.4) is 0 Å². The van der Waals surface area contributed by atoms with Gasteiger partial charge in [0.15, 0.2) is 5.60 Å². The fraction of sp³-hybridized carbons (Fsp3) is 0.833. The number of primary amides is 3. The van der Waals surface area contributed by atoms with E-state index in [1.54, 1.807) is 0 Å². The van der Waals surface area contributed by atoms with Crippen LogP contribution in [0.15, 0.2) is 0 Å². The molecule has 0 saturated heterocycles. The number of rotatable bonds is 11. The Labute approximate surface area is 150 Å². The zero-order valence-corrected chi connectivity index (χ0v) is 16.3. The van der Waals surface area contributed by atoms with E-state index in [0.29, 0.717) is 0 Å². The Kier molecular flexibility index (Phi) is 8.08. The highest BCUT2D eigenvalue weighted by molar-refractivity contribution is 5.98. The van der Waals surface area contributed by atoms with Gasteiger partial charge in [-0.15, -0.1) is 0 Å². The van der Waals surface area contributed by atoms with Crippen molar-refractivity contribution in [2.45, 2.75) is 66.4 Å². The van der Waals surface area contributed by atoms with Gasteiger partial charge in [-0.2, -0.15) is 0 Å². The zero-order valence-electron chi connectivity index (χ0n) is 16.3. The van der Waals surface area contributed by atoms with Crippen molar-refractivity contribution in [3.63, 3.8) is 0 Å². The molecule has 0 rings (SSSR count). The third kappa shape index (κ3) is 4.93. The molecule has 7 heteroatoms. The summed E-state index contributed by atoms with van der Waals surface area (Å²) in [6.07, 6.45) is 0.379. The summed E-state index contributed by atoms with van der Waals surface area (Å²) >= 11 is 0. The summed E-state index contributed by atoms with van der Waals surface area (Å²) in [4.78, 5) is 37.1. The second-order valence-electron chi connectivity index (χ2n) is 8.36. The monoisotopic (exact) mass is 357 g/mol. The van der Waals surface area contributed by atoms with Crippen LogP contribution >= 0.6 is 0 Å². The smallest absolute Gasteiger partial charge is 0.251 e. The highest BCUT2D eigenvalue weighted by atomic mass is 16.3. The Morgan fingerprint density at radius 1 is 0.800 bits per heavy atom. The summed E-state index contributed by atoms with van der Waals surface area (Å²) in [7, 11) is 0. The van der Waals surface area contributed by atoms with Crippen molar-refractivity contribution in [1.29, 1.82) is 0 Å². The van der Waals surface area contributed by atoms with Crippen LogP contribution in [0.5, 0.6) is 0 Å². The van der Waals surface area contributed by atoms with E-state index in [1.165, 1.54) is 0 Å². The maximum absolute atomic E-state index is 12.6. The van der Waals surface area contributed by atoms with Gasteiger partial charge in [0, 0.05) is 0 Å². The van der Waals surface area contributed by atoms with Crippen LogP contribution in [0, 0.1) is 29.1 Å². The molecule has 25 heavy (non-hydrogen) atoms. The quantitative estimate of drug-likeness (QED) is 0.434. The van der Waals surface area contributed by atoms with Gasteiger partial charge in [0.2, 0.25) is 11.8 Å². The molecular weight excluding hydrogens is 322 g/mol. The van der Waals surface area contributed by atoms with Crippen molar-refractivity contribution in [2.75, 3.05) is 0 Å². The SMILES string of the molecule is CC(C)CC(C(N)=O)C(O)(C(N)=O)C(CC(C)C)(CC(C)C)C(N)=O. The summed E-state index contributed by atoms with van der Waals surface area (Å²) < 4.78 is 0. The lowest BCUT2D eigenvalue weighted by atomic mass is 9.57. The van der Waals surface area contributed by atoms with Crippen LogP contribution in [0.4, 0.5) is 0 Å². The Hall–Kier alpha value is -1.63. The molecule has 0 aromatic rings. The Morgan fingerprint density at radius 3 is 1.40 bits per heavy atom. The number of carbonyl (C=O) groups excluding carboxylic acids is 3. The van der Waals surface area contributed by atoms with Crippen molar-refractivity contribution >= 4 is 17.7 Å². The molecule has 0 heterocycles. The lowest BCUT2D eigenvalue weighted by Crippen LogP contribution is -2.68. The highest BCUT2D eigenvalue weighted by Gasteiger charge is 2.63. The van der Waals surface area contributed by atoms with Gasteiger partial charge < -0.3 is 22.3 Å². The molecule has 0 radical (unpaired) electrons. The molecule has 146 valence electrons. The zero-order chi connectivity index (χ0) is 20.2. The maximum Gasteiger partial charge on any atom is 0.251 e. The number of amides is 3. The molecule has 0 aromatic carbocycles. The van der Waals surface area contributed by atoms with Crippen molar-refractivity contribution in [1.82, 2.24) is 0 Å². The summed E-state index contributed by atoms with van der Waals surface area (Å²) in [5.41, 5.74) is 12.7. The first-order valence-corrected chi connectivity index (χ1v) is 8.83. The van der Waals surface area contributed by atoms with Crippen molar-refractivity contribution in [2.24, 2.45) is 46.3 Å². The molecule has 0 fully saturated rings. The second kappa shape index (κ2) is 8.65. The number of hydrogen-bond acceptors (Lipinski definition) is 4. The standard InChI is InChI=1S/C18H35N3O4/c1-10(2)7-13(14(19)22)18(25,16(21)24)17(15(20)23,8-11(3)4)9-12(5)6/h10-13,25H,7-9H2,1-6H3,(H2,19,22)(H2,20,23)(H2,21,24). The van der Waals surface area contributed by atoms with Crippen LogP contribution in [-0.2, 0) is 14.4 Å². The Morgan fingerprint density at radius 2 is 1.20 bits per heavy atom. The molecule has 0 saturated carbocycles. The lowest BCUT2D eigenvalue weighted by molar-refractivity contribution is -0.183. The van der Waals surface area contributed by atoms with E-state index in [-0.39, 0.29) is 37.0 Å². The highest BCUT2D eigenvalue weighted by Crippen LogP contribution is 2.48. The molecule has 2 atom stereocenters. The minimum atomic E-state index is -2.44. The molecule has 3 amide bonds. The van der Waals surface area contributed by atoms with Gasteiger partial charge in [-0.25, -0.2) is 0 Å². The summed E-state index contributed by atoms with van der Waals surface area (Å²) in [5.74, 6) is -4.33. The van der Waals surface area contributed by atoms with E-state index >= 15 is 0 Å². The molecule has 0 aliphatic rings. The molecule has 0 aliphatic heterocycles. The van der Waals surface area contributed by atoms with Crippen LogP contribution < -0.4 is 17.2 Å². The molecule has 0 bridgehead atoms. The average Bonchev–Trinajstić information content (AvgIpc) is 2.40. The van der Waals surface area contributed by atoms with Crippen LogP contribution in [0.1, 0.15) is 60.8 Å². The van der Waals surface area contributed by atoms with E-state index in [0.717, 1.165) is 0 Å². The summed E-state index contributed by atoms with van der Waals surface area (Å²) in [6.45, 7) is 11.0. The van der Waals surface area contributed by atoms with Crippen LogP contribution in [0.2, 0.25) is 0 Å². The summed E-state index contributed by atoms with van der Waals surface area (Å²) in [6, 6.07) is 0. The number of nitrogens with two attached hydrogens (primary N) is 3. The van der Waals surface area contributed by atoms with Crippen LogP contribution in [-0.4, -0.2) is 28.4 Å². The first-order valence-electron chi connectivity index (χ1n) is 8.83. The number of carbonyl (C=O) groups is 3. The molecule has 7 N–H and O–H groups in total. The van der Waals surface area contributed by atoms with E-state index in [4.69, 9.17) is 17.2 Å². The third-order valence-corrected chi connectivity index (χ3v) is 4.65. The molecule has 0 aromatic heterocycles. The Balaban J connectivity index is 6.70. The van der Waals surface area contributed by atoms with Crippen molar-refractivity contribution in [3.8, 4) is 0 Å². The van der Waals surface area contributed by atoms with E-state index < -0.39 is 34.7 Å². The minimum absolute atomic E-state index is 0.0490. The topological polar surface area (TPSA) is 150 Å². The van der Waals surface area contributed by atoms with Gasteiger partial charge in [-0.3, -0.25) is 14.4 Å². The van der Waals surface area contributed by atoms with Gasteiger partial charge >= 0.3 is 0 Å². The van der Waals surface area contributed by atoms with Crippen molar-refractivity contribution < 1.29 is 19.5 Å². The molecular formula is C18H35N3O4. The van der Waals surface area contributed by atoms with E-state index in [9.17, 15) is 19.5 Å². The van der Waals surface area contributed by atoms with Crippen LogP contribution in [0.25, 0.3) is 0 Å². The molecule has 0 spiro atoms. The van der Waals surface area contributed by atoms with Gasteiger partial charge in [0.25, 0.3) is 5.91 Å². The normalized spacial score (nSPS) is 16.1. The predicted molar refractivity (Wildman–Crippen MR) is 96.8 cm³/mol. The number of aliphatic hydroxyl groups is 1. The first-order chi connectivity index (χ1) is 11.2. The van der Waals surface area contributed by atoms with Gasteiger partial charge in [0.1, 0.15) is 0 Å². The molecule has 2 unspecified atom stereocenters. The first kappa shape index (κ1) is 23.4. The van der Waals surface area contributed by atoms with E-state index in [2.05, 4.69) is 0 Å². The predicted octanol–water partition coefficient (Wildman–Crippen LogP) is 0.914. The second-order valence-corrected chi connectivity index (χ2v) is 8.36. The van der Waals surface area contributed by atoms with Gasteiger partial charge in [-0.05, 0) is 37.0 Å².